The van der Waals surface area contributed by atoms with Gasteiger partial charge in [0.05, 0.1) is 12.1 Å². The monoisotopic (exact) mass is 329 g/mol. The number of carboxylic acid groups (broad SMARTS) is 1. The summed E-state index contributed by atoms with van der Waals surface area (Å²) in [5.74, 6) is -0.545. The Kier molecular flexibility index (Phi) is 4.79. The van der Waals surface area contributed by atoms with Crippen LogP contribution >= 0.6 is 0 Å². The van der Waals surface area contributed by atoms with E-state index < -0.39 is 5.97 Å². The minimum absolute atomic E-state index is 0.00974. The van der Waals surface area contributed by atoms with Crippen molar-refractivity contribution in [1.82, 2.24) is 10.3 Å². The second-order valence-corrected chi connectivity index (χ2v) is 5.90. The zero-order valence-electron chi connectivity index (χ0n) is 13.1. The molecule has 3 N–H and O–H groups in total. The van der Waals surface area contributed by atoms with E-state index >= 15 is 0 Å². The fourth-order valence-corrected chi connectivity index (χ4v) is 2.93. The number of benzene rings is 1. The second-order valence-electron chi connectivity index (χ2n) is 5.90. The molecule has 126 valence electrons. The van der Waals surface area contributed by atoms with Crippen LogP contribution in [0.4, 0.5) is 10.5 Å². The lowest BCUT2D eigenvalue weighted by molar-refractivity contribution is -0.142. The fraction of sp³-hybridized carbons (Fsp3) is 0.353. The number of carboxylic acids is 1. The quantitative estimate of drug-likeness (QED) is 0.799. The summed E-state index contributed by atoms with van der Waals surface area (Å²) in [6.07, 6.45) is 5.62. The molecular formula is C17H19N3O4. The van der Waals surface area contributed by atoms with Crippen LogP contribution in [0.1, 0.15) is 25.7 Å². The minimum Gasteiger partial charge on any atom is -0.481 e. The maximum Gasteiger partial charge on any atom is 0.319 e. The van der Waals surface area contributed by atoms with Crippen molar-refractivity contribution in [3.8, 4) is 11.5 Å². The summed E-state index contributed by atoms with van der Waals surface area (Å²) < 4.78 is 5.24. The predicted molar refractivity (Wildman–Crippen MR) is 87.5 cm³/mol. The molecule has 0 unspecified atom stereocenters. The van der Waals surface area contributed by atoms with E-state index in [4.69, 9.17) is 9.52 Å². The highest BCUT2D eigenvalue weighted by molar-refractivity contribution is 5.90. The van der Waals surface area contributed by atoms with Crippen LogP contribution < -0.4 is 10.6 Å². The van der Waals surface area contributed by atoms with Gasteiger partial charge in [-0.25, -0.2) is 9.78 Å². The van der Waals surface area contributed by atoms with E-state index in [1.54, 1.807) is 18.3 Å². The normalized spacial score (nSPS) is 20.3. The Morgan fingerprint density at radius 3 is 2.67 bits per heavy atom. The van der Waals surface area contributed by atoms with Crippen molar-refractivity contribution in [2.75, 3.05) is 5.32 Å². The number of nitrogens with zero attached hydrogens (tertiary/aromatic N) is 1. The number of aromatic nitrogens is 1. The van der Waals surface area contributed by atoms with Gasteiger partial charge in [0, 0.05) is 17.3 Å². The topological polar surface area (TPSA) is 104 Å². The molecule has 0 radical (unpaired) electrons. The van der Waals surface area contributed by atoms with Crippen LogP contribution in [0.3, 0.4) is 0 Å². The average Bonchev–Trinajstić information content (AvgIpc) is 3.10. The Morgan fingerprint density at radius 2 is 2.00 bits per heavy atom. The van der Waals surface area contributed by atoms with E-state index in [1.165, 1.54) is 6.26 Å². The summed E-state index contributed by atoms with van der Waals surface area (Å²) >= 11 is 0. The molecule has 0 saturated heterocycles. The third-order valence-corrected chi connectivity index (χ3v) is 4.21. The lowest BCUT2D eigenvalue weighted by atomic mass is 9.86. The van der Waals surface area contributed by atoms with Gasteiger partial charge in [0.15, 0.2) is 0 Å². The van der Waals surface area contributed by atoms with E-state index in [-0.39, 0.29) is 18.0 Å². The number of aliphatic carboxylic acids is 1. The van der Waals surface area contributed by atoms with Crippen LogP contribution in [0, 0.1) is 5.92 Å². The molecule has 1 saturated carbocycles. The van der Waals surface area contributed by atoms with Crippen LogP contribution in [0.5, 0.6) is 0 Å². The van der Waals surface area contributed by atoms with E-state index in [0.717, 1.165) is 5.56 Å². The SMILES string of the molecule is O=C(Nc1cccc(-c2ncco2)c1)NC1CCC(C(=O)O)CC1. The number of urea groups is 1. The van der Waals surface area contributed by atoms with Crippen molar-refractivity contribution < 1.29 is 19.1 Å². The van der Waals surface area contributed by atoms with Gasteiger partial charge in [-0.2, -0.15) is 0 Å². The van der Waals surface area contributed by atoms with Crippen molar-refractivity contribution in [3.05, 3.63) is 36.7 Å². The van der Waals surface area contributed by atoms with Crippen molar-refractivity contribution >= 4 is 17.7 Å². The zero-order valence-corrected chi connectivity index (χ0v) is 13.1. The molecule has 7 nitrogen and oxygen atoms in total. The molecule has 7 heteroatoms. The van der Waals surface area contributed by atoms with Gasteiger partial charge in [-0.15, -0.1) is 0 Å². The number of amides is 2. The predicted octanol–water partition coefficient (Wildman–Crippen LogP) is 3.11. The molecule has 24 heavy (non-hydrogen) atoms. The molecule has 3 rings (SSSR count). The van der Waals surface area contributed by atoms with E-state index in [9.17, 15) is 9.59 Å². The molecule has 0 aliphatic heterocycles. The Morgan fingerprint density at radius 1 is 1.21 bits per heavy atom. The fourth-order valence-electron chi connectivity index (χ4n) is 2.93. The van der Waals surface area contributed by atoms with Gasteiger partial charge in [0.25, 0.3) is 0 Å². The molecular weight excluding hydrogens is 310 g/mol. The standard InChI is InChI=1S/C17H19N3O4/c21-16(22)11-4-6-13(7-5-11)19-17(23)20-14-3-1-2-12(10-14)15-18-8-9-24-15/h1-3,8-11,13H,4-7H2,(H,21,22)(H2,19,20,23). The highest BCUT2D eigenvalue weighted by Gasteiger charge is 2.26. The van der Waals surface area contributed by atoms with Crippen molar-refractivity contribution in [2.45, 2.75) is 31.7 Å². The number of anilines is 1. The molecule has 2 amide bonds. The third-order valence-electron chi connectivity index (χ3n) is 4.21. The van der Waals surface area contributed by atoms with Gasteiger partial charge in [0.1, 0.15) is 6.26 Å². The largest absolute Gasteiger partial charge is 0.481 e. The summed E-state index contributed by atoms with van der Waals surface area (Å²) in [7, 11) is 0. The van der Waals surface area contributed by atoms with Crippen molar-refractivity contribution in [2.24, 2.45) is 5.92 Å². The number of hydrogen-bond acceptors (Lipinski definition) is 4. The molecule has 0 bridgehead atoms. The Hall–Kier alpha value is -2.83. The van der Waals surface area contributed by atoms with Gasteiger partial charge in [0.2, 0.25) is 5.89 Å². The maximum absolute atomic E-state index is 12.1. The van der Waals surface area contributed by atoms with E-state index in [1.807, 2.05) is 12.1 Å². The number of oxazole rings is 1. The molecule has 1 aliphatic carbocycles. The number of rotatable bonds is 4. The average molecular weight is 329 g/mol. The zero-order chi connectivity index (χ0) is 16.9. The lowest BCUT2D eigenvalue weighted by Gasteiger charge is -2.26. The summed E-state index contributed by atoms with van der Waals surface area (Å²) in [6, 6.07) is 6.95. The van der Waals surface area contributed by atoms with Gasteiger partial charge in [-0.1, -0.05) is 6.07 Å². The second kappa shape index (κ2) is 7.16. The van der Waals surface area contributed by atoms with Gasteiger partial charge < -0.3 is 20.2 Å². The number of carbonyl (C=O) groups is 2. The summed E-state index contributed by atoms with van der Waals surface area (Å²) in [4.78, 5) is 27.1. The van der Waals surface area contributed by atoms with Gasteiger partial charge >= 0.3 is 12.0 Å². The highest BCUT2D eigenvalue weighted by atomic mass is 16.4. The smallest absolute Gasteiger partial charge is 0.319 e. The number of hydrogen-bond donors (Lipinski definition) is 3. The van der Waals surface area contributed by atoms with Gasteiger partial charge in [-0.05, 0) is 43.9 Å². The first-order valence-electron chi connectivity index (χ1n) is 7.92. The molecule has 0 atom stereocenters. The van der Waals surface area contributed by atoms with Crippen molar-refractivity contribution in [3.63, 3.8) is 0 Å². The van der Waals surface area contributed by atoms with Crippen LogP contribution in [-0.4, -0.2) is 28.1 Å². The van der Waals surface area contributed by atoms with E-state index in [2.05, 4.69) is 15.6 Å². The summed E-state index contributed by atoms with van der Waals surface area (Å²) in [5.41, 5.74) is 1.42. The van der Waals surface area contributed by atoms with Crippen LogP contribution in [0.2, 0.25) is 0 Å². The Labute approximate surface area is 139 Å². The number of carbonyl (C=O) groups excluding carboxylic acids is 1. The highest BCUT2D eigenvalue weighted by Crippen LogP contribution is 2.25. The first-order chi connectivity index (χ1) is 11.6. The minimum atomic E-state index is -0.749. The third kappa shape index (κ3) is 3.92. The molecule has 1 aromatic heterocycles. The Balaban J connectivity index is 1.54. The molecule has 1 aromatic carbocycles. The molecule has 1 heterocycles. The summed E-state index contributed by atoms with van der Waals surface area (Å²) in [6.45, 7) is 0. The van der Waals surface area contributed by atoms with Crippen LogP contribution in [0.15, 0.2) is 41.1 Å². The number of nitrogens with one attached hydrogen (secondary N) is 2. The first kappa shape index (κ1) is 16.0. The van der Waals surface area contributed by atoms with Crippen LogP contribution in [-0.2, 0) is 4.79 Å². The molecule has 2 aromatic rings. The van der Waals surface area contributed by atoms with E-state index in [0.29, 0.717) is 37.3 Å². The molecule has 0 spiro atoms. The summed E-state index contributed by atoms with van der Waals surface area (Å²) in [5, 5.41) is 14.7. The van der Waals surface area contributed by atoms with Crippen molar-refractivity contribution in [1.29, 1.82) is 0 Å². The molecule has 1 aliphatic rings. The first-order valence-corrected chi connectivity index (χ1v) is 7.92. The lowest BCUT2D eigenvalue weighted by Crippen LogP contribution is -2.40. The van der Waals surface area contributed by atoms with Gasteiger partial charge in [-0.3, -0.25) is 4.79 Å². The molecule has 1 fully saturated rings. The Bertz CT molecular complexity index is 706. The maximum atomic E-state index is 12.1. The van der Waals surface area contributed by atoms with Crippen LogP contribution in [0.25, 0.3) is 11.5 Å².